The number of likely N-dealkylation sites (N-methyl/N-ethyl adjacent to an activating group) is 1. The number of fused-ring (bicyclic) bond motifs is 3. The second-order valence-electron chi connectivity index (χ2n) is 16.1. The highest BCUT2D eigenvalue weighted by molar-refractivity contribution is 6.74. The van der Waals surface area contributed by atoms with E-state index >= 15 is 0 Å². The Balaban J connectivity index is 1.88. The van der Waals surface area contributed by atoms with Crippen LogP contribution in [-0.4, -0.2) is 81.9 Å². The Labute approximate surface area is 293 Å². The van der Waals surface area contributed by atoms with Crippen LogP contribution >= 0.6 is 0 Å². The molecule has 0 aliphatic carbocycles. The van der Waals surface area contributed by atoms with Crippen molar-refractivity contribution in [3.8, 4) is 0 Å². The van der Waals surface area contributed by atoms with E-state index in [0.29, 0.717) is 31.9 Å². The summed E-state index contributed by atoms with van der Waals surface area (Å²) in [5.41, 5.74) is 1.95. The van der Waals surface area contributed by atoms with Crippen LogP contribution in [-0.2, 0) is 36.1 Å². The number of nitrogens with zero attached hydrogens (tertiary/aromatic N) is 3. The number of hydrogen-bond acceptors (Lipinski definition) is 8. The fourth-order valence-corrected chi connectivity index (χ4v) is 9.27. The number of para-hydroxylation sites is 1. The molecule has 270 valence electrons. The molecule has 0 radical (unpaired) electrons. The number of ether oxygens (including phenoxy) is 3. The Bertz CT molecular complexity index is 1550. The third kappa shape index (κ3) is 5.84. The summed E-state index contributed by atoms with van der Waals surface area (Å²) in [5.74, 6) is 0. The third-order valence-corrected chi connectivity index (χ3v) is 15.7. The lowest BCUT2D eigenvalue weighted by Gasteiger charge is -2.65. The van der Waals surface area contributed by atoms with Gasteiger partial charge in [-0.2, -0.15) is 0 Å². The summed E-state index contributed by atoms with van der Waals surface area (Å²) in [6, 6.07) is 14.1. The molecule has 0 aromatic heterocycles. The predicted octanol–water partition coefficient (Wildman–Crippen LogP) is 7.52. The second-order valence-corrected chi connectivity index (χ2v) is 20.9. The maximum Gasteiger partial charge on any atom is 0.416 e. The smallest absolute Gasteiger partial charge is 0.416 e. The molecule has 1 unspecified atom stereocenters. The highest BCUT2D eigenvalue weighted by Crippen LogP contribution is 2.68. The van der Waals surface area contributed by atoms with Crippen molar-refractivity contribution in [1.29, 1.82) is 0 Å². The van der Waals surface area contributed by atoms with Gasteiger partial charge in [-0.15, -0.1) is 0 Å². The Morgan fingerprint density at radius 1 is 0.959 bits per heavy atom. The lowest BCUT2D eigenvalue weighted by molar-refractivity contribution is -0.154. The first-order chi connectivity index (χ1) is 22.9. The zero-order valence-corrected chi connectivity index (χ0v) is 32.4. The summed E-state index contributed by atoms with van der Waals surface area (Å²) >= 11 is 0. The Morgan fingerprint density at radius 2 is 1.63 bits per heavy atom. The molecule has 3 heterocycles. The molecule has 2 aromatic carbocycles. The zero-order valence-electron chi connectivity index (χ0n) is 31.4. The van der Waals surface area contributed by atoms with Crippen LogP contribution in [0.25, 0.3) is 0 Å². The van der Waals surface area contributed by atoms with Crippen LogP contribution in [0, 0.1) is 0 Å². The summed E-state index contributed by atoms with van der Waals surface area (Å²) in [7, 11) is -0.143. The molecular weight excluding hydrogens is 639 g/mol. The standard InChI is InChI=1S/C38H57N3O7Si/c1-12-45-32-37(22-24-42)27-18-14-15-19-28(27)41(34(44)48-35(3,4)5)31-38(37,21-23-40(32)33(43)46-13-2)30-26(17-16-20-29(30)39(31)9)25-47-49(10,11)36(6,7)8/h14-20,31-32,42H,12-13,21-25H2,1-11H3/t31-,32?,37-,38-/m0/s1. The van der Waals surface area contributed by atoms with E-state index < -0.39 is 49.3 Å². The first-order valence-corrected chi connectivity index (χ1v) is 20.6. The first kappa shape index (κ1) is 37.1. The van der Waals surface area contributed by atoms with Crippen LogP contribution in [0.4, 0.5) is 21.0 Å². The monoisotopic (exact) mass is 695 g/mol. The summed E-state index contributed by atoms with van der Waals surface area (Å²) in [5, 5.41) is 11.1. The van der Waals surface area contributed by atoms with Crippen LogP contribution in [0.1, 0.15) is 84.9 Å². The number of aliphatic hydroxyl groups is 1. The van der Waals surface area contributed by atoms with Gasteiger partial charge in [0.1, 0.15) is 18.0 Å². The molecule has 4 atom stereocenters. The number of aliphatic hydroxyl groups excluding tert-OH is 1. The van der Waals surface area contributed by atoms with Gasteiger partial charge in [0, 0.05) is 32.5 Å². The van der Waals surface area contributed by atoms with Gasteiger partial charge < -0.3 is 28.6 Å². The fourth-order valence-electron chi connectivity index (χ4n) is 8.32. The van der Waals surface area contributed by atoms with Crippen LogP contribution in [0.3, 0.4) is 0 Å². The van der Waals surface area contributed by atoms with E-state index in [-0.39, 0.29) is 24.7 Å². The molecule has 1 N–H and O–H groups in total. The largest absolute Gasteiger partial charge is 0.450 e. The predicted molar refractivity (Wildman–Crippen MR) is 195 cm³/mol. The van der Waals surface area contributed by atoms with Gasteiger partial charge in [-0.25, -0.2) is 9.59 Å². The van der Waals surface area contributed by atoms with Crippen molar-refractivity contribution >= 4 is 31.9 Å². The number of amides is 2. The molecule has 0 bridgehead atoms. The van der Waals surface area contributed by atoms with Crippen LogP contribution in [0.5, 0.6) is 0 Å². The third-order valence-electron chi connectivity index (χ3n) is 11.2. The minimum atomic E-state index is -2.17. The molecule has 49 heavy (non-hydrogen) atoms. The number of rotatable bonds is 8. The average molecular weight is 696 g/mol. The molecular formula is C38H57N3O7Si. The Morgan fingerprint density at radius 3 is 2.24 bits per heavy atom. The van der Waals surface area contributed by atoms with E-state index in [0.717, 1.165) is 22.4 Å². The van der Waals surface area contributed by atoms with Gasteiger partial charge >= 0.3 is 12.2 Å². The van der Waals surface area contributed by atoms with Gasteiger partial charge in [0.15, 0.2) is 8.32 Å². The van der Waals surface area contributed by atoms with Gasteiger partial charge in [0.2, 0.25) is 0 Å². The van der Waals surface area contributed by atoms with Crippen molar-refractivity contribution in [2.75, 3.05) is 43.2 Å². The van der Waals surface area contributed by atoms with E-state index in [1.165, 1.54) is 0 Å². The molecule has 1 saturated heterocycles. The second kappa shape index (κ2) is 13.2. The summed E-state index contributed by atoms with van der Waals surface area (Å²) in [6.45, 7) is 21.6. The highest BCUT2D eigenvalue weighted by Gasteiger charge is 2.74. The average Bonchev–Trinajstić information content (AvgIpc) is 3.27. The van der Waals surface area contributed by atoms with E-state index in [1.807, 2.05) is 59.0 Å². The SMILES string of the molecule is CCOC(=O)N1CC[C@]23c4c(CO[Si](C)(C)C(C)(C)C)cccc4N(C)[C@H]2N(C(=O)OC(C)(C)C)c2ccccc2[C@@]3(CCO)C1OCC. The van der Waals surface area contributed by atoms with Gasteiger partial charge in [-0.05, 0) is 94.4 Å². The van der Waals surface area contributed by atoms with Crippen molar-refractivity contribution in [1.82, 2.24) is 4.90 Å². The lowest BCUT2D eigenvalue weighted by atomic mass is 9.48. The van der Waals surface area contributed by atoms with Crippen molar-refractivity contribution in [3.05, 3.63) is 59.2 Å². The molecule has 2 aromatic rings. The van der Waals surface area contributed by atoms with E-state index in [2.05, 4.69) is 57.0 Å². The number of carbonyl (C=O) groups excluding carboxylic acids is 2. The normalized spacial score (nSPS) is 24.9. The molecule has 11 heteroatoms. The molecule has 2 amide bonds. The number of carbonyl (C=O) groups is 2. The molecule has 10 nitrogen and oxygen atoms in total. The molecule has 1 fully saturated rings. The van der Waals surface area contributed by atoms with Crippen molar-refractivity contribution in [2.45, 2.75) is 122 Å². The van der Waals surface area contributed by atoms with Crippen molar-refractivity contribution < 1.29 is 33.3 Å². The van der Waals surface area contributed by atoms with Crippen LogP contribution in [0.2, 0.25) is 18.1 Å². The van der Waals surface area contributed by atoms with Gasteiger partial charge in [-0.1, -0.05) is 51.1 Å². The van der Waals surface area contributed by atoms with Crippen LogP contribution < -0.4 is 9.80 Å². The molecule has 3 aliphatic heterocycles. The van der Waals surface area contributed by atoms with Crippen LogP contribution in [0.15, 0.2) is 42.5 Å². The Hall–Kier alpha value is -3.12. The molecule has 0 saturated carbocycles. The number of anilines is 2. The van der Waals surface area contributed by atoms with Gasteiger partial charge in [-0.3, -0.25) is 9.80 Å². The van der Waals surface area contributed by atoms with E-state index in [9.17, 15) is 14.7 Å². The topological polar surface area (TPSA) is 101 Å². The Kier molecular flexibility index (Phi) is 10.0. The van der Waals surface area contributed by atoms with E-state index in [1.54, 1.807) is 16.7 Å². The maximum atomic E-state index is 14.6. The number of piperidine rings is 1. The van der Waals surface area contributed by atoms with E-state index in [4.69, 9.17) is 18.6 Å². The van der Waals surface area contributed by atoms with Crippen molar-refractivity contribution in [2.24, 2.45) is 0 Å². The number of benzene rings is 2. The fraction of sp³-hybridized carbons (Fsp3) is 0.632. The van der Waals surface area contributed by atoms with Crippen molar-refractivity contribution in [3.63, 3.8) is 0 Å². The molecule has 1 spiro atoms. The summed E-state index contributed by atoms with van der Waals surface area (Å²) < 4.78 is 25.4. The first-order valence-electron chi connectivity index (χ1n) is 17.7. The number of hydrogen-bond donors (Lipinski definition) is 1. The number of likely N-dealkylation sites (tertiary alicyclic amines) is 1. The molecule has 3 aliphatic rings. The minimum Gasteiger partial charge on any atom is -0.450 e. The minimum absolute atomic E-state index is 0.00550. The quantitative estimate of drug-likeness (QED) is 0.283. The summed E-state index contributed by atoms with van der Waals surface area (Å²) in [4.78, 5) is 34.0. The zero-order chi connectivity index (χ0) is 36.2. The molecule has 5 rings (SSSR count). The summed E-state index contributed by atoms with van der Waals surface area (Å²) in [6.07, 6.45) is -1.55. The van der Waals surface area contributed by atoms with Gasteiger partial charge in [0.05, 0.1) is 29.7 Å². The van der Waals surface area contributed by atoms with Gasteiger partial charge in [0.25, 0.3) is 0 Å². The highest BCUT2D eigenvalue weighted by atomic mass is 28.4. The maximum absolute atomic E-state index is 14.6. The lowest BCUT2D eigenvalue weighted by Crippen LogP contribution is -2.77.